The van der Waals surface area contributed by atoms with Crippen LogP contribution >= 0.6 is 0 Å². The second kappa shape index (κ2) is 13.8. The zero-order valence-electron chi connectivity index (χ0n) is 27.2. The summed E-state index contributed by atoms with van der Waals surface area (Å²) >= 11 is 0. The summed E-state index contributed by atoms with van der Waals surface area (Å²) in [4.78, 5) is 2.27. The molecule has 2 atom stereocenters. The van der Waals surface area contributed by atoms with Crippen LogP contribution in [0.4, 0.5) is 8.78 Å². The molecule has 2 aromatic carbocycles. The molecule has 1 unspecified atom stereocenters. The van der Waals surface area contributed by atoms with Gasteiger partial charge in [0.1, 0.15) is 12.4 Å². The highest BCUT2D eigenvalue weighted by atomic mass is 19.1. The number of hydrogen-bond acceptors (Lipinski definition) is 6. The number of nitrogens with zero attached hydrogens (tertiary/aromatic N) is 3. The van der Waals surface area contributed by atoms with Crippen LogP contribution in [-0.4, -0.2) is 74.5 Å². The van der Waals surface area contributed by atoms with Gasteiger partial charge in [-0.05, 0) is 97.4 Å². The number of allylic oxidation sites excluding steroid dienone is 1. The van der Waals surface area contributed by atoms with Gasteiger partial charge in [-0.15, -0.1) is 5.10 Å². The van der Waals surface area contributed by atoms with Gasteiger partial charge in [-0.1, -0.05) is 38.5 Å². The van der Waals surface area contributed by atoms with Crippen LogP contribution in [0.1, 0.15) is 76.1 Å². The Hall–Kier alpha value is -2.79. The smallest absolute Gasteiger partial charge is 0.490 e. The first-order valence-electron chi connectivity index (χ1n) is 17.2. The molecule has 0 amide bonds. The summed E-state index contributed by atoms with van der Waals surface area (Å²) in [5.41, 5.74) is 4.77. The Kier molecular flexibility index (Phi) is 9.50. The molecule has 0 radical (unpaired) electrons. The third kappa shape index (κ3) is 6.77. The molecule has 3 aromatic rings. The molecule has 3 aliphatic heterocycles. The van der Waals surface area contributed by atoms with E-state index in [1.54, 1.807) is 4.68 Å². The fraction of sp³-hybridized carbons (Fsp3) is 0.583. The van der Waals surface area contributed by atoms with E-state index >= 15 is 4.39 Å². The lowest BCUT2D eigenvalue weighted by Crippen LogP contribution is -2.44. The van der Waals surface area contributed by atoms with Gasteiger partial charge in [-0.3, -0.25) is 9.29 Å². The third-order valence-corrected chi connectivity index (χ3v) is 10.1. The van der Waals surface area contributed by atoms with E-state index in [1.807, 2.05) is 24.3 Å². The van der Waals surface area contributed by atoms with Crippen molar-refractivity contribution in [1.29, 1.82) is 0 Å². The Morgan fingerprint density at radius 3 is 2.46 bits per heavy atom. The number of halogens is 2. The molecular weight excluding hydrogens is 587 g/mol. The number of likely N-dealkylation sites (tertiary alicyclic amines) is 1. The predicted molar refractivity (Wildman–Crippen MR) is 176 cm³/mol. The molecule has 1 saturated carbocycles. The Labute approximate surface area is 271 Å². The van der Waals surface area contributed by atoms with Crippen molar-refractivity contribution in [2.24, 2.45) is 17.3 Å². The maximum Gasteiger partial charge on any atom is 0.490 e. The molecule has 246 valence electrons. The second-order valence-electron chi connectivity index (χ2n) is 14.3. The topological polar surface area (TPSA) is 58.0 Å². The number of ether oxygens (including phenoxy) is 2. The summed E-state index contributed by atoms with van der Waals surface area (Å²) in [6.45, 7) is 9.02. The minimum atomic E-state index is -0.484. The monoisotopic (exact) mass is 633 g/mol. The van der Waals surface area contributed by atoms with Crippen LogP contribution in [0.5, 0.6) is 5.75 Å². The Bertz CT molecular complexity index is 1520. The first kappa shape index (κ1) is 31.8. The van der Waals surface area contributed by atoms with Crippen LogP contribution in [0, 0.1) is 23.2 Å². The van der Waals surface area contributed by atoms with E-state index in [9.17, 15) is 4.39 Å². The first-order chi connectivity index (χ1) is 22.4. The van der Waals surface area contributed by atoms with Gasteiger partial charge in [0, 0.05) is 44.2 Å². The zero-order valence-corrected chi connectivity index (χ0v) is 27.2. The summed E-state index contributed by atoms with van der Waals surface area (Å²) in [6.07, 6.45) is 6.86. The molecule has 1 aliphatic carbocycles. The van der Waals surface area contributed by atoms with Crippen LogP contribution in [0.2, 0.25) is 0 Å². The van der Waals surface area contributed by atoms with Gasteiger partial charge in [-0.2, -0.15) is 4.39 Å². The standard InChI is InChI=1S/C36H46BF2N3O4/c1-36(2)23-45-37(46-24-36)34(27-6-5-7-27)33(26-9-12-29(13-10-26)43-19-17-41-16-15-25(21-38)22-41)28-11-14-31-30(20-28)35(39)40-42(31)32-8-3-4-18-44-32/h9-14,20,25,27,32H,3-8,15-19,21-24H2,1-2H3/t25-,32?/m0/s1. The number of benzene rings is 2. The fourth-order valence-corrected chi connectivity index (χ4v) is 7.25. The number of fused-ring (bicyclic) bond motifs is 1. The van der Waals surface area contributed by atoms with Crippen molar-refractivity contribution in [3.63, 3.8) is 0 Å². The number of hydrogen-bond donors (Lipinski definition) is 0. The predicted octanol–water partition coefficient (Wildman–Crippen LogP) is 7.25. The average Bonchev–Trinajstić information content (AvgIpc) is 3.65. The van der Waals surface area contributed by atoms with Gasteiger partial charge in [0.15, 0.2) is 6.23 Å². The van der Waals surface area contributed by atoms with Gasteiger partial charge in [-0.25, -0.2) is 4.68 Å². The van der Waals surface area contributed by atoms with Crippen LogP contribution in [0.25, 0.3) is 16.5 Å². The fourth-order valence-electron chi connectivity index (χ4n) is 7.25. The zero-order chi connectivity index (χ0) is 31.7. The summed E-state index contributed by atoms with van der Waals surface area (Å²) in [6, 6.07) is 14.2. The summed E-state index contributed by atoms with van der Waals surface area (Å²) in [7, 11) is -0.461. The third-order valence-electron chi connectivity index (χ3n) is 10.1. The number of rotatable bonds is 10. The summed E-state index contributed by atoms with van der Waals surface area (Å²) in [5.74, 6) is 0.781. The molecule has 7 nitrogen and oxygen atoms in total. The molecule has 0 N–H and O–H groups in total. The van der Waals surface area contributed by atoms with Crippen molar-refractivity contribution in [2.45, 2.75) is 65.0 Å². The molecule has 4 heterocycles. The minimum absolute atomic E-state index is 0.0555. The van der Waals surface area contributed by atoms with Gasteiger partial charge >= 0.3 is 7.12 Å². The normalized spacial score (nSPS) is 24.7. The van der Waals surface area contributed by atoms with Crippen molar-refractivity contribution in [2.75, 3.05) is 52.7 Å². The minimum Gasteiger partial charge on any atom is -0.492 e. The molecule has 0 spiro atoms. The SMILES string of the molecule is CC1(C)COB(C(=C(c2ccc(OCCN3CC[C@@H](CF)C3)cc2)c2ccc3c(c2)c(F)nn3C2CCCCO2)C2CCC2)OC1. The highest BCUT2D eigenvalue weighted by Crippen LogP contribution is 2.43. The second-order valence-corrected chi connectivity index (χ2v) is 14.3. The molecule has 46 heavy (non-hydrogen) atoms. The maximum atomic E-state index is 15.5. The molecule has 10 heteroatoms. The molecule has 1 aromatic heterocycles. The molecule has 4 fully saturated rings. The van der Waals surface area contributed by atoms with Gasteiger partial charge in [0.25, 0.3) is 0 Å². The van der Waals surface area contributed by atoms with Crippen LogP contribution < -0.4 is 4.74 Å². The van der Waals surface area contributed by atoms with Crippen molar-refractivity contribution < 1.29 is 27.6 Å². The van der Waals surface area contributed by atoms with Crippen molar-refractivity contribution in [1.82, 2.24) is 14.7 Å². The average molecular weight is 634 g/mol. The van der Waals surface area contributed by atoms with E-state index in [4.69, 9.17) is 18.8 Å². The lowest BCUT2D eigenvalue weighted by atomic mass is 9.59. The lowest BCUT2D eigenvalue weighted by Gasteiger charge is -2.39. The maximum absolute atomic E-state index is 15.5. The summed E-state index contributed by atoms with van der Waals surface area (Å²) in [5, 5.41) is 4.79. The number of aromatic nitrogens is 2. The Balaban J connectivity index is 1.22. The van der Waals surface area contributed by atoms with E-state index in [-0.39, 0.29) is 24.2 Å². The first-order valence-corrected chi connectivity index (χ1v) is 17.2. The summed E-state index contributed by atoms with van der Waals surface area (Å²) < 4.78 is 55.2. The van der Waals surface area contributed by atoms with E-state index in [0.717, 1.165) is 98.0 Å². The number of alkyl halides is 1. The van der Waals surface area contributed by atoms with Crippen LogP contribution in [-0.2, 0) is 14.0 Å². The van der Waals surface area contributed by atoms with Crippen molar-refractivity contribution in [3.05, 3.63) is 65.0 Å². The lowest BCUT2D eigenvalue weighted by molar-refractivity contribution is -0.0375. The van der Waals surface area contributed by atoms with Gasteiger partial charge in [0.2, 0.25) is 5.95 Å². The van der Waals surface area contributed by atoms with Crippen molar-refractivity contribution >= 4 is 23.6 Å². The van der Waals surface area contributed by atoms with Crippen molar-refractivity contribution in [3.8, 4) is 5.75 Å². The highest BCUT2D eigenvalue weighted by Gasteiger charge is 2.41. The van der Waals surface area contributed by atoms with E-state index in [2.05, 4.69) is 42.0 Å². The van der Waals surface area contributed by atoms with Gasteiger partial charge < -0.3 is 18.8 Å². The molecular formula is C36H46BF2N3O4. The van der Waals surface area contributed by atoms with E-state index < -0.39 is 13.1 Å². The molecule has 0 bridgehead atoms. The van der Waals surface area contributed by atoms with E-state index in [1.165, 1.54) is 0 Å². The molecule has 3 saturated heterocycles. The largest absolute Gasteiger partial charge is 0.492 e. The quantitative estimate of drug-likeness (QED) is 0.220. The highest BCUT2D eigenvalue weighted by molar-refractivity contribution is 6.56. The van der Waals surface area contributed by atoms with E-state index in [0.29, 0.717) is 37.7 Å². The van der Waals surface area contributed by atoms with Crippen LogP contribution in [0.3, 0.4) is 0 Å². The van der Waals surface area contributed by atoms with Crippen LogP contribution in [0.15, 0.2) is 47.9 Å². The Morgan fingerprint density at radius 1 is 1.00 bits per heavy atom. The van der Waals surface area contributed by atoms with Gasteiger partial charge in [0.05, 0.1) is 17.6 Å². The molecule has 7 rings (SSSR count). The Morgan fingerprint density at radius 2 is 1.78 bits per heavy atom. The molecule has 4 aliphatic rings.